The van der Waals surface area contributed by atoms with E-state index in [-0.39, 0.29) is 30.6 Å². The van der Waals surface area contributed by atoms with Crippen LogP contribution >= 0.6 is 11.3 Å². The highest BCUT2D eigenvalue weighted by atomic mass is 32.1. The van der Waals surface area contributed by atoms with Crippen molar-refractivity contribution >= 4 is 23.2 Å². The van der Waals surface area contributed by atoms with Crippen LogP contribution < -0.4 is 0 Å². The summed E-state index contributed by atoms with van der Waals surface area (Å²) < 4.78 is 5.15. The lowest BCUT2D eigenvalue weighted by atomic mass is 9.97. The molecule has 0 aliphatic carbocycles. The summed E-state index contributed by atoms with van der Waals surface area (Å²) in [4.78, 5) is 27.1. The van der Waals surface area contributed by atoms with Gasteiger partial charge in [-0.25, -0.2) is 0 Å². The van der Waals surface area contributed by atoms with Crippen molar-refractivity contribution in [2.24, 2.45) is 0 Å². The van der Waals surface area contributed by atoms with Crippen LogP contribution in [0, 0.1) is 0 Å². The van der Waals surface area contributed by atoms with E-state index in [1.165, 1.54) is 4.88 Å². The van der Waals surface area contributed by atoms with Gasteiger partial charge in [-0.05, 0) is 57.4 Å². The van der Waals surface area contributed by atoms with Crippen molar-refractivity contribution in [3.8, 4) is 0 Å². The van der Waals surface area contributed by atoms with E-state index in [0.29, 0.717) is 6.42 Å². The molecule has 2 unspecified atom stereocenters. The fourth-order valence-electron chi connectivity index (χ4n) is 3.06. The molecule has 2 atom stereocenters. The fraction of sp³-hybridized carbons (Fsp3) is 0.647. The van der Waals surface area contributed by atoms with Crippen LogP contribution in [0.1, 0.15) is 50.8 Å². The first kappa shape index (κ1) is 17.0. The van der Waals surface area contributed by atoms with Gasteiger partial charge in [-0.15, -0.1) is 11.3 Å². The summed E-state index contributed by atoms with van der Waals surface area (Å²) in [7, 11) is 0. The molecule has 0 aromatic carbocycles. The van der Waals surface area contributed by atoms with Gasteiger partial charge >= 0.3 is 5.97 Å². The number of aryl methyl sites for hydroxylation is 1. The Morgan fingerprint density at radius 1 is 1.32 bits per heavy atom. The lowest BCUT2D eigenvalue weighted by Gasteiger charge is -2.38. The molecule has 0 saturated carbocycles. The van der Waals surface area contributed by atoms with Gasteiger partial charge in [0.1, 0.15) is 0 Å². The second-order valence-corrected chi connectivity index (χ2v) is 7.06. The number of rotatable bonds is 6. The molecule has 0 radical (unpaired) electrons. The Labute approximate surface area is 136 Å². The number of thiophene rings is 1. The Balaban J connectivity index is 1.67. The van der Waals surface area contributed by atoms with Crippen molar-refractivity contribution in [2.45, 2.75) is 64.5 Å². The second-order valence-electron chi connectivity index (χ2n) is 6.02. The molecule has 4 nitrogen and oxygen atoms in total. The largest absolute Gasteiger partial charge is 0.456 e. The summed E-state index contributed by atoms with van der Waals surface area (Å²) in [6.07, 6.45) is 5.26. The Hall–Kier alpha value is -1.36. The molecule has 1 aromatic rings. The normalized spacial score (nSPS) is 21.6. The molecule has 22 heavy (non-hydrogen) atoms. The molecule has 2 heterocycles. The topological polar surface area (TPSA) is 46.6 Å². The van der Waals surface area contributed by atoms with Crippen molar-refractivity contribution in [3.05, 3.63) is 22.4 Å². The number of nitrogens with zero attached hydrogens (tertiary/aromatic N) is 1. The molecule has 1 fully saturated rings. The van der Waals surface area contributed by atoms with Crippen molar-refractivity contribution < 1.29 is 14.3 Å². The molecule has 1 amide bonds. The van der Waals surface area contributed by atoms with Gasteiger partial charge in [-0.2, -0.15) is 0 Å². The quantitative estimate of drug-likeness (QED) is 0.754. The third-order valence-corrected chi connectivity index (χ3v) is 5.16. The third-order valence-electron chi connectivity index (χ3n) is 4.22. The number of hydrogen-bond acceptors (Lipinski definition) is 4. The molecule has 1 aliphatic rings. The number of amides is 1. The van der Waals surface area contributed by atoms with Crippen LogP contribution in [0.25, 0.3) is 0 Å². The van der Waals surface area contributed by atoms with Crippen molar-refractivity contribution in [1.29, 1.82) is 0 Å². The second kappa shape index (κ2) is 8.32. The highest BCUT2D eigenvalue weighted by molar-refractivity contribution is 7.09. The smallest absolute Gasteiger partial charge is 0.306 e. The van der Waals surface area contributed by atoms with Gasteiger partial charge in [0.25, 0.3) is 5.91 Å². The molecule has 2 rings (SSSR count). The zero-order chi connectivity index (χ0) is 15.9. The van der Waals surface area contributed by atoms with E-state index in [9.17, 15) is 9.59 Å². The number of carbonyl (C=O) groups excluding carboxylic acids is 2. The first-order valence-corrected chi connectivity index (χ1v) is 8.95. The van der Waals surface area contributed by atoms with E-state index < -0.39 is 0 Å². The SMILES string of the molecule is CC1CCCC(C)N1C(=O)COC(=O)CCCc1cccs1. The van der Waals surface area contributed by atoms with E-state index in [2.05, 4.69) is 19.9 Å². The predicted molar refractivity (Wildman–Crippen MR) is 87.8 cm³/mol. The standard InChI is InChI=1S/C17H25NO3S/c1-13-6-3-7-14(2)18(13)16(19)12-21-17(20)10-4-8-15-9-5-11-22-15/h5,9,11,13-14H,3-4,6-8,10,12H2,1-2H3. The number of esters is 1. The minimum Gasteiger partial charge on any atom is -0.456 e. The van der Waals surface area contributed by atoms with Crippen LogP contribution in [0.2, 0.25) is 0 Å². The zero-order valence-corrected chi connectivity index (χ0v) is 14.2. The maximum Gasteiger partial charge on any atom is 0.306 e. The first-order valence-electron chi connectivity index (χ1n) is 8.07. The monoisotopic (exact) mass is 323 g/mol. The van der Waals surface area contributed by atoms with E-state index in [4.69, 9.17) is 4.74 Å². The molecule has 1 saturated heterocycles. The summed E-state index contributed by atoms with van der Waals surface area (Å²) in [5.74, 6) is -0.339. The first-order chi connectivity index (χ1) is 10.6. The van der Waals surface area contributed by atoms with Gasteiger partial charge < -0.3 is 9.64 Å². The molecule has 5 heteroatoms. The average Bonchev–Trinajstić information content (AvgIpc) is 2.98. The van der Waals surface area contributed by atoms with E-state index >= 15 is 0 Å². The summed E-state index contributed by atoms with van der Waals surface area (Å²) in [6, 6.07) is 4.57. The van der Waals surface area contributed by atoms with Crippen LogP contribution in [0.3, 0.4) is 0 Å². The maximum atomic E-state index is 12.2. The van der Waals surface area contributed by atoms with Gasteiger partial charge in [-0.1, -0.05) is 6.07 Å². The molecule has 0 N–H and O–H groups in total. The van der Waals surface area contributed by atoms with Crippen molar-refractivity contribution in [2.75, 3.05) is 6.61 Å². The molecule has 0 bridgehead atoms. The minimum atomic E-state index is -0.276. The van der Waals surface area contributed by atoms with E-state index in [1.54, 1.807) is 11.3 Å². The van der Waals surface area contributed by atoms with Gasteiger partial charge in [0.15, 0.2) is 6.61 Å². The van der Waals surface area contributed by atoms with Crippen molar-refractivity contribution in [1.82, 2.24) is 4.90 Å². The molecule has 122 valence electrons. The summed E-state index contributed by atoms with van der Waals surface area (Å²) in [6.45, 7) is 4.01. The average molecular weight is 323 g/mol. The highest BCUT2D eigenvalue weighted by Crippen LogP contribution is 2.22. The lowest BCUT2D eigenvalue weighted by molar-refractivity contribution is -0.154. The Morgan fingerprint density at radius 3 is 2.68 bits per heavy atom. The van der Waals surface area contributed by atoms with Gasteiger partial charge in [0, 0.05) is 23.4 Å². The summed E-state index contributed by atoms with van der Waals surface area (Å²) >= 11 is 1.70. The van der Waals surface area contributed by atoms with Crippen LogP contribution in [0.5, 0.6) is 0 Å². The number of piperidine rings is 1. The molecular formula is C17H25NO3S. The number of likely N-dealkylation sites (tertiary alicyclic amines) is 1. The fourth-order valence-corrected chi connectivity index (χ4v) is 3.81. The Kier molecular flexibility index (Phi) is 6.43. The Morgan fingerprint density at radius 2 is 2.05 bits per heavy atom. The molecular weight excluding hydrogens is 298 g/mol. The summed E-state index contributed by atoms with van der Waals surface area (Å²) in [5, 5.41) is 2.03. The van der Waals surface area contributed by atoms with Gasteiger partial charge in [0.05, 0.1) is 0 Å². The van der Waals surface area contributed by atoms with Gasteiger partial charge in [0.2, 0.25) is 0 Å². The van der Waals surface area contributed by atoms with Crippen LogP contribution in [-0.2, 0) is 20.7 Å². The molecule has 1 aromatic heterocycles. The van der Waals surface area contributed by atoms with E-state index in [0.717, 1.165) is 32.1 Å². The van der Waals surface area contributed by atoms with Crippen LogP contribution in [0.15, 0.2) is 17.5 Å². The summed E-state index contributed by atoms with van der Waals surface area (Å²) in [5.41, 5.74) is 0. The predicted octanol–water partition coefficient (Wildman–Crippen LogP) is 3.40. The van der Waals surface area contributed by atoms with Crippen molar-refractivity contribution in [3.63, 3.8) is 0 Å². The van der Waals surface area contributed by atoms with Crippen LogP contribution in [0.4, 0.5) is 0 Å². The number of ether oxygens (including phenoxy) is 1. The van der Waals surface area contributed by atoms with E-state index in [1.807, 2.05) is 16.3 Å². The molecule has 0 spiro atoms. The number of hydrogen-bond donors (Lipinski definition) is 0. The number of carbonyl (C=O) groups is 2. The lowest BCUT2D eigenvalue weighted by Crippen LogP contribution is -2.49. The Bertz CT molecular complexity index is 476. The third kappa shape index (κ3) is 4.83. The highest BCUT2D eigenvalue weighted by Gasteiger charge is 2.29. The maximum absolute atomic E-state index is 12.2. The van der Waals surface area contributed by atoms with Crippen LogP contribution in [-0.4, -0.2) is 35.5 Å². The minimum absolute atomic E-state index is 0.0636. The van der Waals surface area contributed by atoms with Gasteiger partial charge in [-0.3, -0.25) is 9.59 Å². The zero-order valence-electron chi connectivity index (χ0n) is 13.4. The molecule has 1 aliphatic heterocycles.